The minimum Gasteiger partial charge on any atom is -0.421 e. The number of ether oxygens (including phenoxy) is 1. The van der Waals surface area contributed by atoms with Gasteiger partial charge >= 0.3 is 29.9 Å². The molecule has 0 radical (unpaired) electrons. The Morgan fingerprint density at radius 1 is 0.714 bits per heavy atom. The molecule has 0 aromatic heterocycles. The first-order chi connectivity index (χ1) is 9.11. The summed E-state index contributed by atoms with van der Waals surface area (Å²) in [5, 5.41) is 0. The Labute approximate surface area is 106 Å². The molecule has 1 nitrogen and oxygen atoms in total. The molecule has 0 aromatic rings. The smallest absolute Gasteiger partial charge is 0.421 e. The summed E-state index contributed by atoms with van der Waals surface area (Å²) in [7, 11) is 0. The Kier molecular flexibility index (Phi) is 3.72. The molecule has 0 bridgehead atoms. The molecule has 0 N–H and O–H groups in total. The van der Waals surface area contributed by atoms with Crippen LogP contribution >= 0.6 is 0 Å². The van der Waals surface area contributed by atoms with E-state index < -0.39 is 47.4 Å². The Morgan fingerprint density at radius 2 is 1.10 bits per heavy atom. The van der Waals surface area contributed by atoms with Gasteiger partial charge in [0.2, 0.25) is 17.5 Å². The molecule has 0 aliphatic carbocycles. The maximum absolute atomic E-state index is 13.5. The van der Waals surface area contributed by atoms with Crippen LogP contribution < -0.4 is 0 Å². The van der Waals surface area contributed by atoms with Crippen molar-refractivity contribution < 1.29 is 57.4 Å². The van der Waals surface area contributed by atoms with Crippen LogP contribution in [0.5, 0.6) is 0 Å². The highest BCUT2D eigenvalue weighted by atomic mass is 19.4. The van der Waals surface area contributed by atoms with Crippen molar-refractivity contribution in [2.45, 2.75) is 23.9 Å². The van der Waals surface area contributed by atoms with Gasteiger partial charge in [0, 0.05) is 0 Å². The van der Waals surface area contributed by atoms with E-state index >= 15 is 0 Å². The van der Waals surface area contributed by atoms with Gasteiger partial charge in [-0.05, 0) is 0 Å². The summed E-state index contributed by atoms with van der Waals surface area (Å²) in [5.74, 6) is -16.8. The fourth-order valence-electron chi connectivity index (χ4n) is 1.28. The van der Waals surface area contributed by atoms with Gasteiger partial charge in [-0.2, -0.15) is 39.5 Å². The molecule has 1 aliphatic heterocycles. The van der Waals surface area contributed by atoms with Crippen LogP contribution in [-0.4, -0.2) is 23.9 Å². The van der Waals surface area contributed by atoms with Crippen molar-refractivity contribution in [3.63, 3.8) is 0 Å². The first kappa shape index (κ1) is 17.5. The molecule has 13 heteroatoms. The molecular weight excluding hydrogens is 340 g/mol. The third-order valence-electron chi connectivity index (χ3n) is 2.29. The Bertz CT molecular complexity index is 496. The van der Waals surface area contributed by atoms with Gasteiger partial charge in [-0.25, -0.2) is 13.2 Å². The SMILES string of the molecule is FC1=C(F)C(F)=C(F)C(F)(C(F)(C(F)(F)F)C(F)(F)F)O1. The highest BCUT2D eigenvalue weighted by Gasteiger charge is 2.87. The van der Waals surface area contributed by atoms with Crippen molar-refractivity contribution in [2.24, 2.45) is 0 Å². The van der Waals surface area contributed by atoms with Gasteiger partial charge in [0.25, 0.3) is 0 Å². The second-order valence-corrected chi connectivity index (χ2v) is 3.57. The minimum absolute atomic E-state index is 2.47. The lowest BCUT2D eigenvalue weighted by Gasteiger charge is -2.40. The molecular formula is C8F12O. The summed E-state index contributed by atoms with van der Waals surface area (Å²) in [4.78, 5) is 0. The molecule has 1 atom stereocenters. The summed E-state index contributed by atoms with van der Waals surface area (Å²) >= 11 is 0. The molecule has 122 valence electrons. The Morgan fingerprint density at radius 3 is 1.43 bits per heavy atom. The first-order valence-corrected chi connectivity index (χ1v) is 4.43. The average molecular weight is 340 g/mol. The van der Waals surface area contributed by atoms with E-state index in [0.717, 1.165) is 0 Å². The lowest BCUT2D eigenvalue weighted by molar-refractivity contribution is -0.409. The van der Waals surface area contributed by atoms with Crippen LogP contribution in [0.15, 0.2) is 23.5 Å². The van der Waals surface area contributed by atoms with Crippen LogP contribution in [0.25, 0.3) is 0 Å². The number of alkyl halides is 8. The molecule has 1 unspecified atom stereocenters. The second kappa shape index (κ2) is 4.47. The van der Waals surface area contributed by atoms with Crippen LogP contribution in [0.2, 0.25) is 0 Å². The van der Waals surface area contributed by atoms with Crippen molar-refractivity contribution in [3.05, 3.63) is 23.5 Å². The maximum atomic E-state index is 13.5. The van der Waals surface area contributed by atoms with Crippen molar-refractivity contribution in [1.29, 1.82) is 0 Å². The van der Waals surface area contributed by atoms with E-state index in [2.05, 4.69) is 4.74 Å². The Balaban J connectivity index is 3.70. The molecule has 0 fully saturated rings. The van der Waals surface area contributed by atoms with Crippen molar-refractivity contribution in [2.75, 3.05) is 0 Å². The molecule has 21 heavy (non-hydrogen) atoms. The molecule has 0 saturated heterocycles. The van der Waals surface area contributed by atoms with E-state index in [-0.39, 0.29) is 0 Å². The zero-order valence-corrected chi connectivity index (χ0v) is 8.94. The van der Waals surface area contributed by atoms with Crippen LogP contribution in [0.3, 0.4) is 0 Å². The van der Waals surface area contributed by atoms with Gasteiger partial charge in [-0.3, -0.25) is 0 Å². The van der Waals surface area contributed by atoms with E-state index in [1.807, 2.05) is 0 Å². The lowest BCUT2D eigenvalue weighted by atomic mass is 9.91. The quantitative estimate of drug-likeness (QED) is 0.625. The summed E-state index contributed by atoms with van der Waals surface area (Å²) in [6.45, 7) is 0. The first-order valence-electron chi connectivity index (χ1n) is 4.43. The number of hydrogen-bond donors (Lipinski definition) is 0. The van der Waals surface area contributed by atoms with E-state index in [1.165, 1.54) is 0 Å². The van der Waals surface area contributed by atoms with Crippen molar-refractivity contribution in [3.8, 4) is 0 Å². The van der Waals surface area contributed by atoms with Gasteiger partial charge in [0.15, 0.2) is 0 Å². The summed E-state index contributed by atoms with van der Waals surface area (Å²) in [6, 6.07) is -3.33. The monoisotopic (exact) mass is 340 g/mol. The topological polar surface area (TPSA) is 9.23 Å². The van der Waals surface area contributed by atoms with Gasteiger partial charge in [-0.15, -0.1) is 0 Å². The fraction of sp³-hybridized carbons (Fsp3) is 0.500. The minimum atomic E-state index is -7.24. The summed E-state index contributed by atoms with van der Waals surface area (Å²) < 4.78 is 153. The van der Waals surface area contributed by atoms with Gasteiger partial charge in [-0.1, -0.05) is 0 Å². The summed E-state index contributed by atoms with van der Waals surface area (Å²) in [6.07, 6.45) is -14.5. The predicted octanol–water partition coefficient (Wildman–Crippen LogP) is 4.77. The number of rotatable bonds is 1. The molecule has 0 spiro atoms. The third kappa shape index (κ3) is 2.12. The van der Waals surface area contributed by atoms with E-state index in [1.54, 1.807) is 0 Å². The fourth-order valence-corrected chi connectivity index (χ4v) is 1.28. The molecule has 1 heterocycles. The number of allylic oxidation sites excluding steroid dienone is 2. The van der Waals surface area contributed by atoms with Gasteiger partial charge in [0.1, 0.15) is 0 Å². The maximum Gasteiger partial charge on any atom is 0.439 e. The highest BCUT2D eigenvalue weighted by molar-refractivity contribution is 5.34. The average Bonchev–Trinajstić information content (AvgIpc) is 2.30. The molecule has 1 aliphatic rings. The van der Waals surface area contributed by atoms with E-state index in [9.17, 15) is 52.7 Å². The van der Waals surface area contributed by atoms with Crippen LogP contribution in [0.4, 0.5) is 52.7 Å². The van der Waals surface area contributed by atoms with Crippen molar-refractivity contribution in [1.82, 2.24) is 0 Å². The lowest BCUT2D eigenvalue weighted by Crippen LogP contribution is -2.67. The zero-order valence-electron chi connectivity index (χ0n) is 8.94. The normalized spacial score (nSPS) is 25.3. The van der Waals surface area contributed by atoms with Crippen LogP contribution in [-0.2, 0) is 4.74 Å². The van der Waals surface area contributed by atoms with Crippen LogP contribution in [0.1, 0.15) is 0 Å². The number of hydrogen-bond acceptors (Lipinski definition) is 1. The Hall–Kier alpha value is -1.56. The van der Waals surface area contributed by atoms with Gasteiger partial charge < -0.3 is 4.74 Å². The third-order valence-corrected chi connectivity index (χ3v) is 2.29. The molecule has 0 amide bonds. The van der Waals surface area contributed by atoms with Gasteiger partial charge in [0.05, 0.1) is 0 Å². The predicted molar refractivity (Wildman–Crippen MR) is 39.4 cm³/mol. The highest BCUT2D eigenvalue weighted by Crippen LogP contribution is 2.59. The standard InChI is InChI=1S/C8F12O/c9-1-2(10)4(12)21-5(13,3(1)11)6(14,7(15,16)17)8(18,19)20. The van der Waals surface area contributed by atoms with E-state index in [4.69, 9.17) is 0 Å². The molecule has 0 aromatic carbocycles. The second-order valence-electron chi connectivity index (χ2n) is 3.57. The molecule has 0 saturated carbocycles. The number of halogens is 12. The summed E-state index contributed by atoms with van der Waals surface area (Å²) in [5.41, 5.74) is -7.20. The van der Waals surface area contributed by atoms with Crippen LogP contribution in [0, 0.1) is 0 Å². The molecule has 1 rings (SSSR count). The zero-order chi connectivity index (χ0) is 17.0. The van der Waals surface area contributed by atoms with E-state index in [0.29, 0.717) is 0 Å². The largest absolute Gasteiger partial charge is 0.439 e. The van der Waals surface area contributed by atoms with Crippen molar-refractivity contribution >= 4 is 0 Å².